The maximum Gasteiger partial charge on any atom is 0.0606 e. The van der Waals surface area contributed by atoms with E-state index in [9.17, 15) is 5.11 Å². The molecule has 0 saturated heterocycles. The number of hydrogen-bond acceptors (Lipinski definition) is 2. The molecule has 0 amide bonds. The third-order valence-corrected chi connectivity index (χ3v) is 4.35. The van der Waals surface area contributed by atoms with Crippen LogP contribution in [0.2, 0.25) is 5.02 Å². The summed E-state index contributed by atoms with van der Waals surface area (Å²) in [4.78, 5) is 0. The molecule has 2 rings (SSSR count). The van der Waals surface area contributed by atoms with Crippen LogP contribution in [0.15, 0.2) is 24.3 Å². The first-order valence-electron chi connectivity index (χ1n) is 6.57. The molecule has 1 saturated carbocycles. The number of benzene rings is 1. The van der Waals surface area contributed by atoms with Gasteiger partial charge in [-0.1, -0.05) is 30.2 Å². The number of rotatable bonds is 4. The molecule has 3 N–H and O–H groups in total. The highest BCUT2D eigenvalue weighted by Gasteiger charge is 2.45. The van der Waals surface area contributed by atoms with E-state index in [2.05, 4.69) is 12.1 Å². The van der Waals surface area contributed by atoms with Gasteiger partial charge in [0.15, 0.2) is 0 Å². The normalized spacial score (nSPS) is 20.3. The SMILES string of the molecule is CC(C)(O)C[C@H](N)C1(c2ccc(Cl)cc2)CCC1. The van der Waals surface area contributed by atoms with E-state index in [1.807, 2.05) is 26.0 Å². The standard InChI is InChI=1S/C15H22ClNO/c1-14(2,18)10-13(17)15(8-3-9-15)11-4-6-12(16)7-5-11/h4-7,13,18H,3,8-10,17H2,1-2H3/t13-/m0/s1. The summed E-state index contributed by atoms with van der Waals surface area (Å²) in [5.41, 5.74) is 6.95. The van der Waals surface area contributed by atoms with Crippen LogP contribution in [0.5, 0.6) is 0 Å². The van der Waals surface area contributed by atoms with Crippen molar-refractivity contribution in [2.75, 3.05) is 0 Å². The summed E-state index contributed by atoms with van der Waals surface area (Å²) in [6, 6.07) is 7.99. The van der Waals surface area contributed by atoms with Crippen molar-refractivity contribution in [1.82, 2.24) is 0 Å². The zero-order chi connectivity index (χ0) is 13.4. The fraction of sp³-hybridized carbons (Fsp3) is 0.600. The van der Waals surface area contributed by atoms with Gasteiger partial charge >= 0.3 is 0 Å². The molecule has 100 valence electrons. The van der Waals surface area contributed by atoms with Crippen molar-refractivity contribution in [3.05, 3.63) is 34.9 Å². The lowest BCUT2D eigenvalue weighted by Crippen LogP contribution is -2.52. The molecule has 1 aliphatic rings. The van der Waals surface area contributed by atoms with E-state index < -0.39 is 5.60 Å². The average molecular weight is 268 g/mol. The van der Waals surface area contributed by atoms with Crippen LogP contribution < -0.4 is 5.73 Å². The molecule has 1 aliphatic carbocycles. The molecule has 0 heterocycles. The van der Waals surface area contributed by atoms with Crippen molar-refractivity contribution in [1.29, 1.82) is 0 Å². The Kier molecular flexibility index (Phi) is 3.72. The Hall–Kier alpha value is -0.570. The molecule has 1 aromatic rings. The van der Waals surface area contributed by atoms with Crippen LogP contribution in [0.3, 0.4) is 0 Å². The summed E-state index contributed by atoms with van der Waals surface area (Å²) >= 11 is 5.94. The summed E-state index contributed by atoms with van der Waals surface area (Å²) < 4.78 is 0. The van der Waals surface area contributed by atoms with E-state index in [0.29, 0.717) is 6.42 Å². The van der Waals surface area contributed by atoms with Gasteiger partial charge in [0, 0.05) is 16.5 Å². The summed E-state index contributed by atoms with van der Waals surface area (Å²) in [6.45, 7) is 3.64. The van der Waals surface area contributed by atoms with Crippen LogP contribution in [-0.4, -0.2) is 16.7 Å². The number of halogens is 1. The average Bonchev–Trinajstić information content (AvgIpc) is 2.16. The van der Waals surface area contributed by atoms with Crippen LogP contribution >= 0.6 is 11.6 Å². The fourth-order valence-corrected chi connectivity index (χ4v) is 3.07. The Balaban J connectivity index is 2.22. The molecule has 0 bridgehead atoms. The minimum absolute atomic E-state index is 0.00701. The van der Waals surface area contributed by atoms with Crippen LogP contribution in [0, 0.1) is 0 Å². The van der Waals surface area contributed by atoms with Crippen molar-refractivity contribution in [3.63, 3.8) is 0 Å². The molecule has 18 heavy (non-hydrogen) atoms. The number of aliphatic hydroxyl groups is 1. The summed E-state index contributed by atoms with van der Waals surface area (Å²) in [5.74, 6) is 0. The number of hydrogen-bond donors (Lipinski definition) is 2. The minimum atomic E-state index is -0.714. The van der Waals surface area contributed by atoms with Gasteiger partial charge in [-0.25, -0.2) is 0 Å². The molecule has 1 atom stereocenters. The first-order valence-corrected chi connectivity index (χ1v) is 6.95. The lowest BCUT2D eigenvalue weighted by atomic mass is 9.59. The van der Waals surface area contributed by atoms with Crippen LogP contribution in [0.1, 0.15) is 45.1 Å². The second-order valence-corrected chi connectivity index (χ2v) is 6.58. The third-order valence-electron chi connectivity index (χ3n) is 4.09. The first kappa shape index (κ1) is 13.9. The smallest absolute Gasteiger partial charge is 0.0606 e. The predicted molar refractivity (Wildman–Crippen MR) is 75.9 cm³/mol. The Morgan fingerprint density at radius 1 is 1.33 bits per heavy atom. The molecule has 0 spiro atoms. The molecule has 1 aromatic carbocycles. The second kappa shape index (κ2) is 4.84. The lowest BCUT2D eigenvalue weighted by molar-refractivity contribution is 0.0411. The molecule has 3 heteroatoms. The monoisotopic (exact) mass is 267 g/mol. The topological polar surface area (TPSA) is 46.2 Å². The van der Waals surface area contributed by atoms with Gasteiger partial charge in [-0.15, -0.1) is 0 Å². The zero-order valence-electron chi connectivity index (χ0n) is 11.1. The van der Waals surface area contributed by atoms with Crippen LogP contribution in [-0.2, 0) is 5.41 Å². The first-order chi connectivity index (χ1) is 8.33. The third kappa shape index (κ3) is 2.71. The van der Waals surface area contributed by atoms with Gasteiger partial charge in [0.1, 0.15) is 0 Å². The van der Waals surface area contributed by atoms with Crippen molar-refractivity contribution < 1.29 is 5.11 Å². The van der Waals surface area contributed by atoms with Crippen LogP contribution in [0.4, 0.5) is 0 Å². The van der Waals surface area contributed by atoms with E-state index in [4.69, 9.17) is 17.3 Å². The Morgan fingerprint density at radius 2 is 1.89 bits per heavy atom. The molecule has 0 unspecified atom stereocenters. The van der Waals surface area contributed by atoms with E-state index in [0.717, 1.165) is 17.9 Å². The Morgan fingerprint density at radius 3 is 2.28 bits per heavy atom. The summed E-state index contributed by atoms with van der Waals surface area (Å²) in [7, 11) is 0. The molecule has 0 aromatic heterocycles. The van der Waals surface area contributed by atoms with E-state index >= 15 is 0 Å². The van der Waals surface area contributed by atoms with Gasteiger partial charge in [-0.3, -0.25) is 0 Å². The van der Waals surface area contributed by atoms with E-state index in [1.165, 1.54) is 12.0 Å². The number of nitrogens with two attached hydrogens (primary N) is 1. The van der Waals surface area contributed by atoms with Gasteiger partial charge in [0.2, 0.25) is 0 Å². The van der Waals surface area contributed by atoms with Gasteiger partial charge in [0.25, 0.3) is 0 Å². The Bertz CT molecular complexity index is 403. The summed E-state index contributed by atoms with van der Waals surface area (Å²) in [5, 5.41) is 10.7. The highest BCUT2D eigenvalue weighted by Crippen LogP contribution is 2.47. The summed E-state index contributed by atoms with van der Waals surface area (Å²) in [6.07, 6.45) is 4.04. The largest absolute Gasteiger partial charge is 0.390 e. The quantitative estimate of drug-likeness (QED) is 0.880. The van der Waals surface area contributed by atoms with Gasteiger partial charge in [-0.2, -0.15) is 0 Å². The van der Waals surface area contributed by atoms with E-state index in [1.54, 1.807) is 0 Å². The van der Waals surface area contributed by atoms with Crippen molar-refractivity contribution >= 4 is 11.6 Å². The maximum atomic E-state index is 9.96. The fourth-order valence-electron chi connectivity index (χ4n) is 2.95. The molecule has 0 aliphatic heterocycles. The maximum absolute atomic E-state index is 9.96. The molecule has 2 nitrogen and oxygen atoms in total. The highest BCUT2D eigenvalue weighted by molar-refractivity contribution is 6.30. The van der Waals surface area contributed by atoms with Gasteiger partial charge < -0.3 is 10.8 Å². The predicted octanol–water partition coefficient (Wildman–Crippen LogP) is 3.25. The van der Waals surface area contributed by atoms with Crippen molar-refractivity contribution in [2.24, 2.45) is 5.73 Å². The highest BCUT2D eigenvalue weighted by atomic mass is 35.5. The minimum Gasteiger partial charge on any atom is -0.390 e. The van der Waals surface area contributed by atoms with Crippen molar-refractivity contribution in [3.8, 4) is 0 Å². The lowest BCUT2D eigenvalue weighted by Gasteiger charge is -2.48. The van der Waals surface area contributed by atoms with Gasteiger partial charge in [-0.05, 0) is 50.8 Å². The zero-order valence-corrected chi connectivity index (χ0v) is 11.9. The Labute approximate surface area is 114 Å². The molecular weight excluding hydrogens is 246 g/mol. The van der Waals surface area contributed by atoms with Crippen molar-refractivity contribution in [2.45, 2.75) is 56.6 Å². The molecular formula is C15H22ClNO. The van der Waals surface area contributed by atoms with Gasteiger partial charge in [0.05, 0.1) is 5.60 Å². The molecule has 0 radical (unpaired) electrons. The molecule has 1 fully saturated rings. The second-order valence-electron chi connectivity index (χ2n) is 6.14. The van der Waals surface area contributed by atoms with Crippen LogP contribution in [0.25, 0.3) is 0 Å². The van der Waals surface area contributed by atoms with E-state index in [-0.39, 0.29) is 11.5 Å².